The molecule has 3 fully saturated rings. The molecule has 3 aliphatic heterocycles. The zero-order chi connectivity index (χ0) is 31.7. The van der Waals surface area contributed by atoms with Gasteiger partial charge >= 0.3 is 12.4 Å². The summed E-state index contributed by atoms with van der Waals surface area (Å²) in [5, 5.41) is 0.792. The lowest BCUT2D eigenvalue weighted by Gasteiger charge is -2.41. The maximum absolute atomic E-state index is 13.4. The zero-order valence-corrected chi connectivity index (χ0v) is 25.9. The van der Waals surface area contributed by atoms with E-state index in [1.807, 2.05) is 12.1 Å². The van der Waals surface area contributed by atoms with E-state index in [0.29, 0.717) is 47.7 Å². The molecule has 0 radical (unpaired) electrons. The van der Waals surface area contributed by atoms with E-state index in [2.05, 4.69) is 9.80 Å². The molecule has 0 spiro atoms. The number of nitrogens with zero attached hydrogens (tertiary/aromatic N) is 3. The van der Waals surface area contributed by atoms with Crippen LogP contribution in [0.3, 0.4) is 0 Å². The highest BCUT2D eigenvalue weighted by molar-refractivity contribution is 6.42. The smallest absolute Gasteiger partial charge is 0.341 e. The zero-order valence-electron chi connectivity index (χ0n) is 24.4. The van der Waals surface area contributed by atoms with E-state index in [-0.39, 0.29) is 11.6 Å². The van der Waals surface area contributed by atoms with E-state index in [1.165, 1.54) is 32.4 Å². The van der Waals surface area contributed by atoms with Crippen LogP contribution in [-0.2, 0) is 29.0 Å². The van der Waals surface area contributed by atoms with Crippen molar-refractivity contribution in [3.8, 4) is 0 Å². The number of piperidine rings is 2. The van der Waals surface area contributed by atoms with E-state index >= 15 is 0 Å². The van der Waals surface area contributed by atoms with E-state index in [4.69, 9.17) is 23.2 Å². The monoisotopic (exact) mass is 663 g/mol. The average Bonchev–Trinajstić information content (AvgIpc) is 3.43. The first-order valence-electron chi connectivity index (χ1n) is 15.2. The first kappa shape index (κ1) is 33.4. The second kappa shape index (κ2) is 13.4. The number of hydrogen-bond donors (Lipinski definition) is 0. The summed E-state index contributed by atoms with van der Waals surface area (Å²) < 4.78 is 80.3. The first-order valence-corrected chi connectivity index (χ1v) is 16.0. The van der Waals surface area contributed by atoms with Crippen LogP contribution in [0.2, 0.25) is 10.0 Å². The fourth-order valence-corrected chi connectivity index (χ4v) is 7.36. The molecule has 1 atom stereocenters. The molecule has 5 rings (SSSR count). The Labute approximate surface area is 264 Å². The summed E-state index contributed by atoms with van der Waals surface area (Å²) in [7, 11) is 0. The Hall–Kier alpha value is -2.01. The van der Waals surface area contributed by atoms with Crippen molar-refractivity contribution >= 4 is 29.1 Å². The summed E-state index contributed by atoms with van der Waals surface area (Å²) in [6.45, 7) is 5.74. The molecule has 12 heteroatoms. The maximum Gasteiger partial charge on any atom is 0.416 e. The van der Waals surface area contributed by atoms with Gasteiger partial charge in [0.25, 0.3) is 0 Å². The van der Waals surface area contributed by atoms with Gasteiger partial charge in [-0.1, -0.05) is 35.7 Å². The molecule has 0 N–H and O–H groups in total. The third kappa shape index (κ3) is 7.85. The lowest BCUT2D eigenvalue weighted by molar-refractivity contribution is -0.143. The van der Waals surface area contributed by atoms with Crippen LogP contribution in [0.25, 0.3) is 0 Å². The molecule has 2 aromatic carbocycles. The van der Waals surface area contributed by atoms with Gasteiger partial charge in [0, 0.05) is 24.5 Å². The van der Waals surface area contributed by atoms with Gasteiger partial charge in [0.15, 0.2) is 0 Å². The number of benzene rings is 2. The second-order valence-electron chi connectivity index (χ2n) is 12.5. The first-order chi connectivity index (χ1) is 20.7. The van der Waals surface area contributed by atoms with Gasteiger partial charge in [0.1, 0.15) is 0 Å². The van der Waals surface area contributed by atoms with Crippen LogP contribution >= 0.6 is 23.2 Å². The minimum atomic E-state index is -4.97. The maximum atomic E-state index is 13.4. The minimum absolute atomic E-state index is 0.0778. The molecule has 2 aromatic rings. The highest BCUT2D eigenvalue weighted by atomic mass is 35.5. The van der Waals surface area contributed by atoms with Gasteiger partial charge in [-0.25, -0.2) is 0 Å². The molecular weight excluding hydrogens is 627 g/mol. The van der Waals surface area contributed by atoms with Crippen LogP contribution < -0.4 is 0 Å². The topological polar surface area (TPSA) is 26.8 Å². The Bertz CT molecular complexity index is 1290. The summed E-state index contributed by atoms with van der Waals surface area (Å²) in [5.74, 6) is -0.512. The molecular formula is C32H37Cl2F6N3O. The summed E-state index contributed by atoms with van der Waals surface area (Å²) in [5.41, 5.74) is -2.72. The second-order valence-corrected chi connectivity index (χ2v) is 13.3. The molecule has 3 heterocycles. The lowest BCUT2D eigenvalue weighted by atomic mass is 9.76. The SMILES string of the molecule is O=C(Cc1cc(C(F)(F)F)cc(C(F)(F)F)c1)N1CCC(CCN2CCC(N3CCCCC3)CC2)(c2ccc(Cl)c(Cl)c2)C1. The number of likely N-dealkylation sites (tertiary alicyclic amines) is 3. The molecule has 4 nitrogen and oxygen atoms in total. The largest absolute Gasteiger partial charge is 0.416 e. The van der Waals surface area contributed by atoms with Gasteiger partial charge in [-0.15, -0.1) is 0 Å². The Morgan fingerprint density at radius 3 is 2.05 bits per heavy atom. The molecule has 1 amide bonds. The fraction of sp³-hybridized carbons (Fsp3) is 0.594. The van der Waals surface area contributed by atoms with Crippen molar-refractivity contribution in [3.63, 3.8) is 0 Å². The van der Waals surface area contributed by atoms with Crippen LogP contribution in [0, 0.1) is 0 Å². The quantitative estimate of drug-likeness (QED) is 0.280. The van der Waals surface area contributed by atoms with Crippen molar-refractivity contribution in [1.82, 2.24) is 14.7 Å². The van der Waals surface area contributed by atoms with Crippen molar-refractivity contribution < 1.29 is 31.1 Å². The average molecular weight is 665 g/mol. The van der Waals surface area contributed by atoms with E-state index < -0.39 is 41.2 Å². The molecule has 0 aromatic heterocycles. The number of rotatable bonds is 7. The Morgan fingerprint density at radius 1 is 0.818 bits per heavy atom. The number of carbonyl (C=O) groups is 1. The van der Waals surface area contributed by atoms with Gasteiger partial charge < -0.3 is 14.7 Å². The highest BCUT2D eigenvalue weighted by Crippen LogP contribution is 2.41. The molecule has 0 aliphatic carbocycles. The third-order valence-electron chi connectivity index (χ3n) is 9.61. The molecule has 0 saturated carbocycles. The van der Waals surface area contributed by atoms with Crippen molar-refractivity contribution in [2.75, 3.05) is 45.8 Å². The van der Waals surface area contributed by atoms with Gasteiger partial charge in [-0.2, -0.15) is 26.3 Å². The molecule has 44 heavy (non-hydrogen) atoms. The normalized spacial score (nSPS) is 23.0. The van der Waals surface area contributed by atoms with Gasteiger partial charge in [-0.05, 0) is 113 Å². The van der Waals surface area contributed by atoms with Crippen LogP contribution in [-0.4, -0.2) is 72.5 Å². The van der Waals surface area contributed by atoms with Crippen molar-refractivity contribution in [1.29, 1.82) is 0 Å². The van der Waals surface area contributed by atoms with E-state index in [0.717, 1.165) is 44.5 Å². The number of carbonyl (C=O) groups excluding carboxylic acids is 1. The van der Waals surface area contributed by atoms with Crippen LogP contribution in [0.1, 0.15) is 67.2 Å². The predicted molar refractivity (Wildman–Crippen MR) is 159 cm³/mol. The molecule has 0 bridgehead atoms. The number of halogens is 8. The molecule has 3 saturated heterocycles. The minimum Gasteiger partial charge on any atom is -0.341 e. The van der Waals surface area contributed by atoms with E-state index in [9.17, 15) is 31.1 Å². The van der Waals surface area contributed by atoms with E-state index in [1.54, 1.807) is 11.0 Å². The molecule has 1 unspecified atom stereocenters. The Kier molecular flexibility index (Phi) is 10.1. The summed E-state index contributed by atoms with van der Waals surface area (Å²) >= 11 is 12.6. The Morgan fingerprint density at radius 2 is 1.45 bits per heavy atom. The predicted octanol–water partition coefficient (Wildman–Crippen LogP) is 8.08. The summed E-state index contributed by atoms with van der Waals surface area (Å²) in [6.07, 6.45) is -3.13. The van der Waals surface area contributed by atoms with Crippen molar-refractivity contribution in [2.24, 2.45) is 0 Å². The van der Waals surface area contributed by atoms with Gasteiger partial charge in [-0.3, -0.25) is 4.79 Å². The summed E-state index contributed by atoms with van der Waals surface area (Å²) in [6, 6.07) is 7.37. The summed E-state index contributed by atoms with van der Waals surface area (Å²) in [4.78, 5) is 20.0. The number of hydrogen-bond acceptors (Lipinski definition) is 3. The highest BCUT2D eigenvalue weighted by Gasteiger charge is 2.42. The fourth-order valence-electron chi connectivity index (χ4n) is 7.07. The van der Waals surface area contributed by atoms with Crippen molar-refractivity contribution in [2.45, 2.75) is 75.2 Å². The molecule has 242 valence electrons. The number of amides is 1. The van der Waals surface area contributed by atoms with Crippen LogP contribution in [0.5, 0.6) is 0 Å². The third-order valence-corrected chi connectivity index (χ3v) is 10.4. The van der Waals surface area contributed by atoms with Crippen molar-refractivity contribution in [3.05, 3.63) is 68.7 Å². The number of alkyl halides is 6. The van der Waals surface area contributed by atoms with Crippen LogP contribution in [0.15, 0.2) is 36.4 Å². The van der Waals surface area contributed by atoms with Gasteiger partial charge in [0.05, 0.1) is 27.6 Å². The Balaban J connectivity index is 1.29. The van der Waals surface area contributed by atoms with Crippen LogP contribution in [0.4, 0.5) is 26.3 Å². The lowest BCUT2D eigenvalue weighted by Crippen LogP contribution is -2.47. The van der Waals surface area contributed by atoms with Gasteiger partial charge in [0.2, 0.25) is 5.91 Å². The standard InChI is InChI=1S/C32H37Cl2F6N3O/c33-27-5-4-23(20-28(27)34)30(8-14-41-12-6-26(7-13-41)42-10-2-1-3-11-42)9-15-43(21-30)29(44)18-22-16-24(31(35,36)37)19-25(17-22)32(38,39)40/h4-5,16-17,19-20,26H,1-3,6-15,18,21H2. The molecule has 3 aliphatic rings.